The number of rotatable bonds is 8. The molecule has 1 saturated heterocycles. The molecule has 1 heterocycles. The minimum Gasteiger partial charge on any atom is -0.497 e. The molecule has 6 heteroatoms. The lowest BCUT2D eigenvalue weighted by Gasteiger charge is -2.33. The van der Waals surface area contributed by atoms with E-state index in [0.717, 1.165) is 62.4 Å². The Labute approximate surface area is 195 Å². The summed E-state index contributed by atoms with van der Waals surface area (Å²) in [6.45, 7) is 2.72. The number of aliphatic hydroxyl groups is 1. The SMILES string of the molecule is COc1cc(CN2C[C@@H]3C(NC(=O)C(O)(c4ccccc4)C4CCCC4)[C@@H]3C2)cc(OC)c1. The first kappa shape index (κ1) is 22.2. The van der Waals surface area contributed by atoms with Gasteiger partial charge < -0.3 is 19.9 Å². The molecule has 3 fully saturated rings. The van der Waals surface area contributed by atoms with Crippen molar-refractivity contribution in [3.05, 3.63) is 59.7 Å². The molecule has 2 N–H and O–H groups in total. The number of hydrogen-bond donors (Lipinski definition) is 2. The highest BCUT2D eigenvalue weighted by molar-refractivity contribution is 5.87. The van der Waals surface area contributed by atoms with Crippen LogP contribution in [0, 0.1) is 17.8 Å². The maximum Gasteiger partial charge on any atom is 0.257 e. The van der Waals surface area contributed by atoms with E-state index in [-0.39, 0.29) is 17.9 Å². The van der Waals surface area contributed by atoms with E-state index in [1.54, 1.807) is 14.2 Å². The molecule has 2 aromatic rings. The summed E-state index contributed by atoms with van der Waals surface area (Å²) in [4.78, 5) is 15.9. The van der Waals surface area contributed by atoms with E-state index in [2.05, 4.69) is 10.2 Å². The summed E-state index contributed by atoms with van der Waals surface area (Å²) in [5.74, 6) is 2.26. The van der Waals surface area contributed by atoms with Crippen LogP contribution in [0.5, 0.6) is 11.5 Å². The largest absolute Gasteiger partial charge is 0.497 e. The fourth-order valence-corrected chi connectivity index (χ4v) is 6.02. The van der Waals surface area contributed by atoms with Gasteiger partial charge in [-0.1, -0.05) is 43.2 Å². The molecule has 33 heavy (non-hydrogen) atoms. The second-order valence-corrected chi connectivity index (χ2v) is 9.86. The first-order chi connectivity index (χ1) is 16.0. The summed E-state index contributed by atoms with van der Waals surface area (Å²) < 4.78 is 10.8. The standard InChI is InChI=1S/C27H34N2O4/c1-32-21-12-18(13-22(14-21)33-2)15-29-16-23-24(17-29)25(23)28-26(30)27(31,20-10-6-7-11-20)19-8-4-3-5-9-19/h3-5,8-9,12-14,20,23-25,31H,6-7,10-11,15-17H2,1-2H3,(H,28,30)/t23-,24+,25?,27?. The molecule has 0 bridgehead atoms. The highest BCUT2D eigenvalue weighted by Crippen LogP contribution is 2.47. The van der Waals surface area contributed by atoms with Crippen LogP contribution < -0.4 is 14.8 Å². The average Bonchev–Trinajstić information content (AvgIpc) is 3.26. The maximum absolute atomic E-state index is 13.4. The van der Waals surface area contributed by atoms with Gasteiger partial charge in [-0.3, -0.25) is 9.69 Å². The minimum absolute atomic E-state index is 0.0157. The lowest BCUT2D eigenvalue weighted by Crippen LogP contribution is -2.50. The maximum atomic E-state index is 13.4. The summed E-state index contributed by atoms with van der Waals surface area (Å²) >= 11 is 0. The van der Waals surface area contributed by atoms with Gasteiger partial charge in [-0.05, 0) is 47.9 Å². The molecule has 2 unspecified atom stereocenters. The molecule has 5 rings (SSSR count). The molecule has 3 aliphatic rings. The van der Waals surface area contributed by atoms with Gasteiger partial charge in [0.05, 0.1) is 14.2 Å². The third-order valence-corrected chi connectivity index (χ3v) is 7.89. The van der Waals surface area contributed by atoms with Crippen molar-refractivity contribution in [3.8, 4) is 11.5 Å². The zero-order chi connectivity index (χ0) is 23.0. The monoisotopic (exact) mass is 450 g/mol. The van der Waals surface area contributed by atoms with Crippen molar-refractivity contribution in [2.75, 3.05) is 27.3 Å². The molecule has 1 aliphatic heterocycles. The fraction of sp³-hybridized carbons (Fsp3) is 0.519. The number of nitrogens with zero attached hydrogens (tertiary/aromatic N) is 1. The van der Waals surface area contributed by atoms with E-state index in [0.29, 0.717) is 17.4 Å². The molecule has 6 nitrogen and oxygen atoms in total. The number of hydrogen-bond acceptors (Lipinski definition) is 5. The number of nitrogens with one attached hydrogen (secondary N) is 1. The predicted molar refractivity (Wildman–Crippen MR) is 126 cm³/mol. The molecule has 2 aliphatic carbocycles. The zero-order valence-electron chi connectivity index (χ0n) is 19.5. The Morgan fingerprint density at radius 3 is 2.21 bits per heavy atom. The van der Waals surface area contributed by atoms with Gasteiger partial charge in [0.1, 0.15) is 11.5 Å². The van der Waals surface area contributed by atoms with Crippen molar-refractivity contribution in [2.24, 2.45) is 17.8 Å². The average molecular weight is 451 g/mol. The predicted octanol–water partition coefficient (Wildman–Crippen LogP) is 3.33. The molecule has 0 aromatic heterocycles. The van der Waals surface area contributed by atoms with Crippen molar-refractivity contribution in [1.82, 2.24) is 10.2 Å². The van der Waals surface area contributed by atoms with Crippen LogP contribution in [0.2, 0.25) is 0 Å². The van der Waals surface area contributed by atoms with E-state index in [1.165, 1.54) is 0 Å². The Bertz CT molecular complexity index is 957. The van der Waals surface area contributed by atoms with Crippen LogP contribution in [-0.2, 0) is 16.9 Å². The van der Waals surface area contributed by atoms with Crippen LogP contribution in [0.1, 0.15) is 36.8 Å². The summed E-state index contributed by atoms with van der Waals surface area (Å²) in [6.07, 6.45) is 3.94. The lowest BCUT2D eigenvalue weighted by molar-refractivity contribution is -0.147. The quantitative estimate of drug-likeness (QED) is 0.646. The van der Waals surface area contributed by atoms with Crippen LogP contribution in [0.4, 0.5) is 0 Å². The van der Waals surface area contributed by atoms with Crippen molar-refractivity contribution in [3.63, 3.8) is 0 Å². The summed E-state index contributed by atoms with van der Waals surface area (Å²) in [7, 11) is 3.33. The van der Waals surface area contributed by atoms with Crippen LogP contribution in [-0.4, -0.2) is 49.3 Å². The molecule has 4 atom stereocenters. The number of ether oxygens (including phenoxy) is 2. The van der Waals surface area contributed by atoms with Crippen LogP contribution in [0.25, 0.3) is 0 Å². The van der Waals surface area contributed by atoms with Crippen molar-refractivity contribution in [2.45, 2.75) is 43.9 Å². The van der Waals surface area contributed by atoms with Crippen LogP contribution >= 0.6 is 0 Å². The molecule has 2 saturated carbocycles. The lowest BCUT2D eigenvalue weighted by atomic mass is 9.79. The van der Waals surface area contributed by atoms with E-state index in [4.69, 9.17) is 9.47 Å². The number of piperidine rings is 1. The number of methoxy groups -OCH3 is 2. The molecular weight excluding hydrogens is 416 g/mol. The third kappa shape index (κ3) is 4.22. The Hall–Kier alpha value is -2.57. The molecule has 176 valence electrons. The van der Waals surface area contributed by atoms with E-state index in [9.17, 15) is 9.90 Å². The van der Waals surface area contributed by atoms with Gasteiger partial charge in [0.2, 0.25) is 0 Å². The van der Waals surface area contributed by atoms with Crippen molar-refractivity contribution < 1.29 is 19.4 Å². The smallest absolute Gasteiger partial charge is 0.257 e. The Morgan fingerprint density at radius 2 is 1.64 bits per heavy atom. The van der Waals surface area contributed by atoms with Gasteiger partial charge in [-0.15, -0.1) is 0 Å². The number of carbonyl (C=O) groups excluding carboxylic acids is 1. The van der Waals surface area contributed by atoms with Crippen molar-refractivity contribution in [1.29, 1.82) is 0 Å². The van der Waals surface area contributed by atoms with Gasteiger partial charge >= 0.3 is 0 Å². The minimum atomic E-state index is -1.44. The van der Waals surface area contributed by atoms with Gasteiger partial charge in [0.25, 0.3) is 5.91 Å². The molecular formula is C27H34N2O4. The molecule has 0 spiro atoms. The Kier molecular flexibility index (Phi) is 6.06. The van der Waals surface area contributed by atoms with E-state index < -0.39 is 5.60 Å². The summed E-state index contributed by atoms with van der Waals surface area (Å²) in [5, 5.41) is 14.9. The van der Waals surface area contributed by atoms with Gasteiger partial charge in [0, 0.05) is 37.7 Å². The highest BCUT2D eigenvalue weighted by atomic mass is 16.5. The zero-order valence-corrected chi connectivity index (χ0v) is 19.5. The normalized spacial score (nSPS) is 26.5. The second kappa shape index (κ2) is 8.99. The van der Waals surface area contributed by atoms with Crippen LogP contribution in [0.3, 0.4) is 0 Å². The highest BCUT2D eigenvalue weighted by Gasteiger charge is 2.58. The summed E-state index contributed by atoms with van der Waals surface area (Å²) in [5.41, 5.74) is 0.437. The number of fused-ring (bicyclic) bond motifs is 1. The first-order valence-corrected chi connectivity index (χ1v) is 12.1. The van der Waals surface area contributed by atoms with E-state index in [1.807, 2.05) is 48.5 Å². The summed E-state index contributed by atoms with van der Waals surface area (Å²) in [6, 6.07) is 15.6. The molecule has 0 radical (unpaired) electrons. The Morgan fingerprint density at radius 1 is 1.03 bits per heavy atom. The number of likely N-dealkylation sites (tertiary alicyclic amines) is 1. The van der Waals surface area contributed by atoms with Gasteiger partial charge in [-0.2, -0.15) is 0 Å². The fourth-order valence-electron chi connectivity index (χ4n) is 6.02. The number of carbonyl (C=O) groups is 1. The number of amides is 1. The molecule has 1 amide bonds. The van der Waals surface area contributed by atoms with Gasteiger partial charge in [0.15, 0.2) is 5.60 Å². The number of benzene rings is 2. The van der Waals surface area contributed by atoms with Crippen molar-refractivity contribution >= 4 is 5.91 Å². The first-order valence-electron chi connectivity index (χ1n) is 12.1. The van der Waals surface area contributed by atoms with Gasteiger partial charge in [-0.25, -0.2) is 0 Å². The van der Waals surface area contributed by atoms with E-state index >= 15 is 0 Å². The Balaban J connectivity index is 1.22. The topological polar surface area (TPSA) is 71.0 Å². The molecule has 2 aromatic carbocycles. The second-order valence-electron chi connectivity index (χ2n) is 9.86. The third-order valence-electron chi connectivity index (χ3n) is 7.89. The van der Waals surface area contributed by atoms with Crippen LogP contribution in [0.15, 0.2) is 48.5 Å².